The van der Waals surface area contributed by atoms with Crippen LogP contribution in [0, 0.1) is 5.92 Å². The number of ether oxygens (including phenoxy) is 2. The molecule has 0 aromatic heterocycles. The highest BCUT2D eigenvalue weighted by Crippen LogP contribution is 2.18. The van der Waals surface area contributed by atoms with E-state index >= 15 is 0 Å². The molecule has 2 aliphatic rings. The molecule has 0 aliphatic carbocycles. The van der Waals surface area contributed by atoms with Crippen molar-refractivity contribution in [3.8, 4) is 5.75 Å². The van der Waals surface area contributed by atoms with E-state index in [-0.39, 0.29) is 23.8 Å². The molecule has 2 heterocycles. The van der Waals surface area contributed by atoms with Crippen molar-refractivity contribution >= 4 is 11.8 Å². The van der Waals surface area contributed by atoms with Crippen LogP contribution in [-0.4, -0.2) is 55.7 Å². The monoisotopic (exact) mass is 360 g/mol. The third-order valence-electron chi connectivity index (χ3n) is 5.00. The summed E-state index contributed by atoms with van der Waals surface area (Å²) in [6.07, 6.45) is 4.26. The van der Waals surface area contributed by atoms with E-state index < -0.39 is 0 Å². The Hall–Kier alpha value is -2.08. The third-order valence-corrected chi connectivity index (χ3v) is 5.00. The Labute approximate surface area is 154 Å². The molecular formula is C20H28N2O4. The van der Waals surface area contributed by atoms with Gasteiger partial charge in [0.1, 0.15) is 5.75 Å². The number of nitrogens with one attached hydrogen (secondary N) is 1. The maximum Gasteiger partial charge on any atom is 0.226 e. The fraction of sp³-hybridized carbons (Fsp3) is 0.600. The number of carbonyl (C=O) groups is 2. The maximum absolute atomic E-state index is 12.4. The Morgan fingerprint density at radius 3 is 2.81 bits per heavy atom. The first kappa shape index (κ1) is 18.7. The van der Waals surface area contributed by atoms with Crippen molar-refractivity contribution < 1.29 is 19.1 Å². The second-order valence-electron chi connectivity index (χ2n) is 6.97. The molecule has 2 aliphatic heterocycles. The second-order valence-corrected chi connectivity index (χ2v) is 6.97. The van der Waals surface area contributed by atoms with Crippen molar-refractivity contribution in [3.63, 3.8) is 0 Å². The summed E-state index contributed by atoms with van der Waals surface area (Å²) in [7, 11) is 0. The quantitative estimate of drug-likeness (QED) is 0.807. The lowest BCUT2D eigenvalue weighted by Gasteiger charge is -2.32. The fourth-order valence-corrected chi connectivity index (χ4v) is 3.51. The van der Waals surface area contributed by atoms with Gasteiger partial charge in [-0.1, -0.05) is 18.2 Å². The van der Waals surface area contributed by atoms with Gasteiger partial charge < -0.3 is 19.7 Å². The zero-order valence-corrected chi connectivity index (χ0v) is 15.2. The van der Waals surface area contributed by atoms with Crippen molar-refractivity contribution in [3.05, 3.63) is 30.3 Å². The van der Waals surface area contributed by atoms with E-state index in [0.717, 1.165) is 44.6 Å². The molecule has 1 aromatic carbocycles. The molecule has 2 fully saturated rings. The van der Waals surface area contributed by atoms with Gasteiger partial charge >= 0.3 is 0 Å². The number of benzene rings is 1. The molecule has 1 N–H and O–H groups in total. The van der Waals surface area contributed by atoms with E-state index in [0.29, 0.717) is 26.1 Å². The van der Waals surface area contributed by atoms with E-state index in [4.69, 9.17) is 9.47 Å². The standard InChI is InChI=1S/C20H28N2O4/c23-19(10-13-26-17-7-2-1-3-8-17)22-11-4-6-16(15-22)20(24)21-14-18-9-5-12-25-18/h1-3,7-8,16,18H,4-6,9-15H2,(H,21,24)/t16-,18+/m1/s1. The van der Waals surface area contributed by atoms with Gasteiger partial charge in [-0.05, 0) is 37.8 Å². The fourth-order valence-electron chi connectivity index (χ4n) is 3.51. The Morgan fingerprint density at radius 1 is 1.19 bits per heavy atom. The molecular weight excluding hydrogens is 332 g/mol. The lowest BCUT2D eigenvalue weighted by Crippen LogP contribution is -2.46. The first-order valence-corrected chi connectivity index (χ1v) is 9.57. The van der Waals surface area contributed by atoms with Crippen molar-refractivity contribution in [1.82, 2.24) is 10.2 Å². The molecule has 2 atom stereocenters. The predicted molar refractivity (Wildman–Crippen MR) is 97.8 cm³/mol. The Bertz CT molecular complexity index is 587. The highest BCUT2D eigenvalue weighted by molar-refractivity contribution is 5.81. The molecule has 0 bridgehead atoms. The number of piperidine rings is 1. The molecule has 142 valence electrons. The summed E-state index contributed by atoms with van der Waals surface area (Å²) in [6.45, 7) is 2.95. The van der Waals surface area contributed by atoms with Gasteiger partial charge in [0.25, 0.3) is 0 Å². The third kappa shape index (κ3) is 5.46. The number of likely N-dealkylation sites (tertiary alicyclic amines) is 1. The van der Waals surface area contributed by atoms with E-state index in [1.165, 1.54) is 0 Å². The van der Waals surface area contributed by atoms with Gasteiger partial charge in [0, 0.05) is 26.2 Å². The number of amides is 2. The highest BCUT2D eigenvalue weighted by atomic mass is 16.5. The summed E-state index contributed by atoms with van der Waals surface area (Å²) in [4.78, 5) is 26.6. The number of para-hydroxylation sites is 1. The molecule has 0 radical (unpaired) electrons. The van der Waals surface area contributed by atoms with Gasteiger partial charge in [-0.25, -0.2) is 0 Å². The molecule has 2 saturated heterocycles. The van der Waals surface area contributed by atoms with Crippen LogP contribution in [0.5, 0.6) is 5.75 Å². The van der Waals surface area contributed by atoms with Crippen LogP contribution in [0.4, 0.5) is 0 Å². The summed E-state index contributed by atoms with van der Waals surface area (Å²) in [5.74, 6) is 0.741. The summed E-state index contributed by atoms with van der Waals surface area (Å²) >= 11 is 0. The molecule has 6 heteroatoms. The van der Waals surface area contributed by atoms with Gasteiger partial charge in [-0.2, -0.15) is 0 Å². The molecule has 0 unspecified atom stereocenters. The number of rotatable bonds is 7. The largest absolute Gasteiger partial charge is 0.493 e. The Morgan fingerprint density at radius 2 is 2.04 bits per heavy atom. The highest BCUT2D eigenvalue weighted by Gasteiger charge is 2.28. The zero-order valence-electron chi connectivity index (χ0n) is 15.2. The van der Waals surface area contributed by atoms with Crippen molar-refractivity contribution in [2.45, 2.75) is 38.2 Å². The molecule has 0 spiro atoms. The van der Waals surface area contributed by atoms with Crippen LogP contribution in [0.25, 0.3) is 0 Å². The molecule has 6 nitrogen and oxygen atoms in total. The summed E-state index contributed by atoms with van der Waals surface area (Å²) in [5, 5.41) is 2.99. The maximum atomic E-state index is 12.4. The number of hydrogen-bond donors (Lipinski definition) is 1. The molecule has 2 amide bonds. The number of nitrogens with zero attached hydrogens (tertiary/aromatic N) is 1. The van der Waals surface area contributed by atoms with E-state index in [2.05, 4.69) is 5.32 Å². The van der Waals surface area contributed by atoms with Crippen LogP contribution in [0.15, 0.2) is 30.3 Å². The predicted octanol–water partition coefficient (Wildman–Crippen LogP) is 1.99. The molecule has 1 aromatic rings. The van der Waals surface area contributed by atoms with Crippen molar-refractivity contribution in [2.75, 3.05) is 32.8 Å². The summed E-state index contributed by atoms with van der Waals surface area (Å²) < 4.78 is 11.1. The minimum Gasteiger partial charge on any atom is -0.493 e. The van der Waals surface area contributed by atoms with E-state index in [1.807, 2.05) is 30.3 Å². The number of carbonyl (C=O) groups excluding carboxylic acids is 2. The SMILES string of the molecule is O=C(NC[C@@H]1CCCO1)[C@@H]1CCCN(C(=O)CCOc2ccccc2)C1. The lowest BCUT2D eigenvalue weighted by atomic mass is 9.96. The van der Waals surface area contributed by atoms with Gasteiger partial charge in [0.2, 0.25) is 11.8 Å². The van der Waals surface area contributed by atoms with Crippen LogP contribution < -0.4 is 10.1 Å². The summed E-state index contributed by atoms with van der Waals surface area (Å²) in [6, 6.07) is 9.48. The van der Waals surface area contributed by atoms with Crippen molar-refractivity contribution in [2.24, 2.45) is 5.92 Å². The lowest BCUT2D eigenvalue weighted by molar-refractivity contribution is -0.136. The van der Waals surface area contributed by atoms with Crippen LogP contribution in [0.2, 0.25) is 0 Å². The zero-order chi connectivity index (χ0) is 18.2. The van der Waals surface area contributed by atoms with Gasteiger partial charge in [0.15, 0.2) is 0 Å². The van der Waals surface area contributed by atoms with Crippen LogP contribution in [0.3, 0.4) is 0 Å². The van der Waals surface area contributed by atoms with E-state index in [1.54, 1.807) is 4.90 Å². The van der Waals surface area contributed by atoms with Crippen LogP contribution >= 0.6 is 0 Å². The van der Waals surface area contributed by atoms with Gasteiger partial charge in [-0.3, -0.25) is 9.59 Å². The number of hydrogen-bond acceptors (Lipinski definition) is 4. The van der Waals surface area contributed by atoms with Crippen molar-refractivity contribution in [1.29, 1.82) is 0 Å². The normalized spacial score (nSPS) is 22.8. The Balaban J connectivity index is 1.39. The van der Waals surface area contributed by atoms with E-state index in [9.17, 15) is 9.59 Å². The Kier molecular flexibility index (Phi) is 6.89. The van der Waals surface area contributed by atoms with Gasteiger partial charge in [0.05, 0.1) is 25.0 Å². The first-order chi connectivity index (χ1) is 12.7. The average Bonchev–Trinajstić information content (AvgIpc) is 3.20. The topological polar surface area (TPSA) is 67.9 Å². The first-order valence-electron chi connectivity index (χ1n) is 9.57. The summed E-state index contributed by atoms with van der Waals surface area (Å²) in [5.41, 5.74) is 0. The second kappa shape index (κ2) is 9.57. The minimum atomic E-state index is -0.121. The molecule has 0 saturated carbocycles. The van der Waals surface area contributed by atoms with Crippen LogP contribution in [-0.2, 0) is 14.3 Å². The van der Waals surface area contributed by atoms with Crippen LogP contribution in [0.1, 0.15) is 32.1 Å². The van der Waals surface area contributed by atoms with Gasteiger partial charge in [-0.15, -0.1) is 0 Å². The minimum absolute atomic E-state index is 0.0403. The molecule has 26 heavy (non-hydrogen) atoms. The molecule has 3 rings (SSSR count). The average molecular weight is 360 g/mol. The smallest absolute Gasteiger partial charge is 0.226 e.